The maximum Gasteiger partial charge on any atom is 0.174 e. The molecule has 8 rings (SSSR count). The van der Waals surface area contributed by atoms with Crippen LogP contribution in [-0.2, 0) is 11.2 Å². The van der Waals surface area contributed by atoms with Crippen molar-refractivity contribution in [2.75, 3.05) is 7.11 Å². The van der Waals surface area contributed by atoms with E-state index in [1.807, 2.05) is 36.4 Å². The molecule has 0 bridgehead atoms. The summed E-state index contributed by atoms with van der Waals surface area (Å²) in [7, 11) is 1.53. The molecule has 9 nitrogen and oxygen atoms in total. The largest absolute Gasteiger partial charge is 0.508 e. The van der Waals surface area contributed by atoms with Crippen LogP contribution in [0.1, 0.15) is 81.7 Å². The smallest absolute Gasteiger partial charge is 0.174 e. The molecule has 3 aliphatic rings. The summed E-state index contributed by atoms with van der Waals surface area (Å²) in [6, 6.07) is 29.7. The average Bonchev–Trinajstić information content (AvgIpc) is 3.14. The number of carbonyl (C=O) groups excluding carboxylic acids is 1. The zero-order chi connectivity index (χ0) is 35.2. The van der Waals surface area contributed by atoms with Crippen molar-refractivity contribution in [2.24, 2.45) is 5.92 Å². The lowest BCUT2D eigenvalue weighted by molar-refractivity contribution is -0.134. The van der Waals surface area contributed by atoms with E-state index in [0.29, 0.717) is 42.1 Å². The number of hydrogen-bond donors (Lipinski definition) is 4. The number of ketones is 1. The highest BCUT2D eigenvalue weighted by molar-refractivity contribution is 6.03. The standard InChI is InChI=1S/C42H38O9/c1-48-35-22-36-37(42-39(35)33(47)21-34(50-42)24-5-13-28(44)14-6-24)32-20-31(19-4-23-2-11-27(43)12-3-23)49-40(25-7-15-29(45)16-8-25)38(32)41(51-36)26-9-17-30(46)18-10-26/h2-3,5-18,22,31-32,34,38,40-41,43-46H,4,19-21H2,1H3/t31-,32-,34-,38-,40+,41-/m0/s1. The minimum Gasteiger partial charge on any atom is -0.508 e. The summed E-state index contributed by atoms with van der Waals surface area (Å²) in [6.07, 6.45) is 0.309. The van der Waals surface area contributed by atoms with E-state index in [4.69, 9.17) is 18.9 Å². The van der Waals surface area contributed by atoms with Crippen molar-refractivity contribution >= 4 is 5.78 Å². The summed E-state index contributed by atoms with van der Waals surface area (Å²) in [5.41, 5.74) is 4.71. The molecule has 0 spiro atoms. The molecule has 260 valence electrons. The number of hydrogen-bond acceptors (Lipinski definition) is 9. The van der Waals surface area contributed by atoms with Gasteiger partial charge in [0.2, 0.25) is 0 Å². The van der Waals surface area contributed by atoms with E-state index >= 15 is 0 Å². The van der Waals surface area contributed by atoms with Gasteiger partial charge in [0, 0.05) is 23.5 Å². The first kappa shape index (κ1) is 32.5. The minimum atomic E-state index is -0.590. The Morgan fingerprint density at radius 3 is 1.84 bits per heavy atom. The third-order valence-corrected chi connectivity index (χ3v) is 10.4. The third kappa shape index (κ3) is 6.18. The first-order chi connectivity index (χ1) is 24.7. The number of benzene rings is 5. The van der Waals surface area contributed by atoms with Crippen molar-refractivity contribution in [1.29, 1.82) is 0 Å². The monoisotopic (exact) mass is 686 g/mol. The molecular weight excluding hydrogens is 648 g/mol. The van der Waals surface area contributed by atoms with Crippen LogP contribution in [0.3, 0.4) is 0 Å². The Balaban J connectivity index is 1.28. The lowest BCUT2D eigenvalue weighted by Crippen LogP contribution is -2.43. The molecule has 3 heterocycles. The van der Waals surface area contributed by atoms with Crippen LogP contribution in [0.5, 0.6) is 40.2 Å². The molecule has 0 unspecified atom stereocenters. The predicted octanol–water partition coefficient (Wildman–Crippen LogP) is 8.22. The van der Waals surface area contributed by atoms with Gasteiger partial charge in [0.05, 0.1) is 25.7 Å². The van der Waals surface area contributed by atoms with Crippen molar-refractivity contribution in [3.63, 3.8) is 0 Å². The van der Waals surface area contributed by atoms with Crippen LogP contribution in [0.4, 0.5) is 0 Å². The Labute approximate surface area is 295 Å². The summed E-state index contributed by atoms with van der Waals surface area (Å²) < 4.78 is 26.6. The first-order valence-corrected chi connectivity index (χ1v) is 17.2. The number of fused-ring (bicyclic) bond motifs is 5. The Morgan fingerprint density at radius 1 is 0.706 bits per heavy atom. The second-order valence-corrected chi connectivity index (χ2v) is 13.5. The molecule has 9 heteroatoms. The van der Waals surface area contributed by atoms with Gasteiger partial charge in [-0.25, -0.2) is 0 Å². The molecule has 1 fully saturated rings. The van der Waals surface area contributed by atoms with Gasteiger partial charge in [-0.15, -0.1) is 0 Å². The number of Topliss-reactive ketones (excluding diaryl/α,β-unsaturated/α-hetero) is 1. The van der Waals surface area contributed by atoms with Gasteiger partial charge in [0.1, 0.15) is 58.0 Å². The Hall–Kier alpha value is -5.67. The second-order valence-electron chi connectivity index (χ2n) is 13.5. The molecule has 3 aliphatic heterocycles. The van der Waals surface area contributed by atoms with Gasteiger partial charge in [0.25, 0.3) is 0 Å². The zero-order valence-electron chi connectivity index (χ0n) is 27.9. The summed E-state index contributed by atoms with van der Waals surface area (Å²) in [5.74, 6) is 1.33. The molecule has 51 heavy (non-hydrogen) atoms. The second kappa shape index (κ2) is 13.2. The summed E-state index contributed by atoms with van der Waals surface area (Å²) in [6.45, 7) is 0. The van der Waals surface area contributed by atoms with Crippen LogP contribution < -0.4 is 14.2 Å². The van der Waals surface area contributed by atoms with Gasteiger partial charge in [-0.05, 0) is 90.0 Å². The summed E-state index contributed by atoms with van der Waals surface area (Å²) in [5, 5.41) is 40.2. The fraction of sp³-hybridized carbons (Fsp3) is 0.262. The molecule has 0 amide bonds. The third-order valence-electron chi connectivity index (χ3n) is 10.4. The molecule has 0 radical (unpaired) electrons. The van der Waals surface area contributed by atoms with Gasteiger partial charge in [-0.2, -0.15) is 0 Å². The van der Waals surface area contributed by atoms with Crippen LogP contribution in [0.15, 0.2) is 103 Å². The van der Waals surface area contributed by atoms with Crippen LogP contribution in [0, 0.1) is 5.92 Å². The number of rotatable bonds is 7. The summed E-state index contributed by atoms with van der Waals surface area (Å²) in [4.78, 5) is 14.0. The van der Waals surface area contributed by atoms with Crippen molar-refractivity contribution in [2.45, 2.75) is 56.0 Å². The van der Waals surface area contributed by atoms with Gasteiger partial charge < -0.3 is 39.4 Å². The molecule has 4 N–H and O–H groups in total. The highest BCUT2D eigenvalue weighted by Gasteiger charge is 2.52. The van der Waals surface area contributed by atoms with Crippen molar-refractivity contribution < 1.29 is 44.2 Å². The van der Waals surface area contributed by atoms with Gasteiger partial charge >= 0.3 is 0 Å². The van der Waals surface area contributed by atoms with Gasteiger partial charge in [-0.1, -0.05) is 48.5 Å². The molecule has 1 saturated heterocycles. The number of phenols is 4. The van der Waals surface area contributed by atoms with Crippen LogP contribution in [0.2, 0.25) is 0 Å². The molecule has 0 aliphatic carbocycles. The van der Waals surface area contributed by atoms with Crippen LogP contribution in [0.25, 0.3) is 0 Å². The Morgan fingerprint density at radius 2 is 1.25 bits per heavy atom. The molecule has 5 aromatic carbocycles. The van der Waals surface area contributed by atoms with E-state index in [1.54, 1.807) is 66.7 Å². The highest BCUT2D eigenvalue weighted by atomic mass is 16.5. The number of aryl methyl sites for hydroxylation is 1. The summed E-state index contributed by atoms with van der Waals surface area (Å²) >= 11 is 0. The Bertz CT molecular complexity index is 2040. The maximum absolute atomic E-state index is 14.0. The Kier molecular flexibility index (Phi) is 8.44. The topological polar surface area (TPSA) is 135 Å². The van der Waals surface area contributed by atoms with E-state index in [-0.39, 0.29) is 53.1 Å². The fourth-order valence-electron chi connectivity index (χ4n) is 7.95. The lowest BCUT2D eigenvalue weighted by atomic mass is 9.68. The van der Waals surface area contributed by atoms with E-state index in [1.165, 1.54) is 7.11 Å². The normalized spacial score (nSPS) is 23.6. The van der Waals surface area contributed by atoms with Crippen LogP contribution in [-0.4, -0.2) is 39.4 Å². The minimum absolute atomic E-state index is 0.104. The highest BCUT2D eigenvalue weighted by Crippen LogP contribution is 2.61. The predicted molar refractivity (Wildman–Crippen MR) is 188 cm³/mol. The molecule has 0 saturated carbocycles. The van der Waals surface area contributed by atoms with Crippen LogP contribution >= 0.6 is 0 Å². The number of carbonyl (C=O) groups is 1. The molecule has 6 atom stereocenters. The fourth-order valence-corrected chi connectivity index (χ4v) is 7.95. The lowest BCUT2D eigenvalue weighted by Gasteiger charge is -2.50. The first-order valence-electron chi connectivity index (χ1n) is 17.2. The molecular formula is C42H38O9. The van der Waals surface area contributed by atoms with Gasteiger partial charge in [-0.3, -0.25) is 4.79 Å². The number of ether oxygens (including phenoxy) is 4. The maximum atomic E-state index is 14.0. The SMILES string of the molecule is COc1cc2c(c3c1C(=O)C[C@@H](c1ccc(O)cc1)O3)[C@@H]1C[C@H](CCc3ccc(O)cc3)O[C@H](c3ccc(O)cc3)[C@H]1[C@H](c1ccc(O)cc1)O2. The van der Waals surface area contributed by atoms with Crippen molar-refractivity contribution in [3.8, 4) is 40.2 Å². The zero-order valence-corrected chi connectivity index (χ0v) is 27.9. The average molecular weight is 687 g/mol. The van der Waals surface area contributed by atoms with Crippen molar-refractivity contribution in [3.05, 3.63) is 137 Å². The van der Waals surface area contributed by atoms with E-state index in [2.05, 4.69) is 0 Å². The van der Waals surface area contributed by atoms with E-state index < -0.39 is 18.3 Å². The molecule has 0 aromatic heterocycles. The van der Waals surface area contributed by atoms with E-state index in [9.17, 15) is 25.2 Å². The van der Waals surface area contributed by atoms with Crippen molar-refractivity contribution in [1.82, 2.24) is 0 Å². The van der Waals surface area contributed by atoms with E-state index in [0.717, 1.165) is 27.8 Å². The number of methoxy groups -OCH3 is 1. The quantitative estimate of drug-likeness (QED) is 0.134. The number of aromatic hydroxyl groups is 4. The number of phenolic OH excluding ortho intramolecular Hbond substituents is 4. The van der Waals surface area contributed by atoms with Gasteiger partial charge in [0.15, 0.2) is 5.78 Å². The molecule has 5 aromatic rings.